The van der Waals surface area contributed by atoms with E-state index >= 15 is 0 Å². The van der Waals surface area contributed by atoms with E-state index in [4.69, 9.17) is 21.7 Å². The summed E-state index contributed by atoms with van der Waals surface area (Å²) in [7, 11) is 1.41. The van der Waals surface area contributed by atoms with Crippen molar-refractivity contribution in [3.05, 3.63) is 69.1 Å². The summed E-state index contributed by atoms with van der Waals surface area (Å²) in [4.78, 5) is 24.2. The van der Waals surface area contributed by atoms with E-state index in [1.54, 1.807) is 6.92 Å². The van der Waals surface area contributed by atoms with Crippen LogP contribution in [0.25, 0.3) is 11.1 Å². The van der Waals surface area contributed by atoms with Crippen molar-refractivity contribution in [2.75, 3.05) is 24.4 Å². The van der Waals surface area contributed by atoms with Gasteiger partial charge in [0, 0.05) is 16.5 Å². The SMILES string of the molecule is CCOC(=O)c1c(NC(=S)Nc2ccc([N+](=O)[O-])cc2OC)sc(C)c1-c1ccccc1. The maximum atomic E-state index is 12.8. The van der Waals surface area contributed by atoms with Crippen LogP contribution in [0.3, 0.4) is 0 Å². The molecule has 0 radical (unpaired) electrons. The van der Waals surface area contributed by atoms with E-state index in [9.17, 15) is 14.9 Å². The van der Waals surface area contributed by atoms with Crippen LogP contribution >= 0.6 is 23.6 Å². The highest BCUT2D eigenvalue weighted by molar-refractivity contribution is 7.80. The van der Waals surface area contributed by atoms with Gasteiger partial charge in [0.2, 0.25) is 0 Å². The third-order valence-electron chi connectivity index (χ3n) is 4.50. The van der Waals surface area contributed by atoms with Crippen LogP contribution in [-0.2, 0) is 4.74 Å². The minimum atomic E-state index is -0.506. The molecule has 0 saturated heterocycles. The van der Waals surface area contributed by atoms with Gasteiger partial charge in [-0.05, 0) is 37.7 Å². The first-order chi connectivity index (χ1) is 15.3. The zero-order chi connectivity index (χ0) is 23.3. The second kappa shape index (κ2) is 10.2. The number of methoxy groups -OCH3 is 1. The largest absolute Gasteiger partial charge is 0.494 e. The Labute approximate surface area is 194 Å². The molecule has 0 unspecified atom stereocenters. The average molecular weight is 472 g/mol. The fraction of sp³-hybridized carbons (Fsp3) is 0.182. The van der Waals surface area contributed by atoms with Gasteiger partial charge in [0.25, 0.3) is 5.69 Å². The smallest absolute Gasteiger partial charge is 0.341 e. The lowest BCUT2D eigenvalue weighted by atomic mass is 10.0. The van der Waals surface area contributed by atoms with Crippen molar-refractivity contribution in [1.82, 2.24) is 0 Å². The molecule has 0 fully saturated rings. The number of nitrogens with one attached hydrogen (secondary N) is 2. The first kappa shape index (κ1) is 23.2. The molecule has 8 nitrogen and oxygen atoms in total. The minimum absolute atomic E-state index is 0.0998. The van der Waals surface area contributed by atoms with E-state index in [0.29, 0.717) is 16.3 Å². The number of non-ortho nitro benzene ring substituents is 1. The summed E-state index contributed by atoms with van der Waals surface area (Å²) in [5.41, 5.74) is 2.43. The van der Waals surface area contributed by atoms with Gasteiger partial charge < -0.3 is 20.1 Å². The fourth-order valence-electron chi connectivity index (χ4n) is 3.14. The van der Waals surface area contributed by atoms with E-state index < -0.39 is 10.9 Å². The average Bonchev–Trinajstić information content (AvgIpc) is 3.10. The highest BCUT2D eigenvalue weighted by Crippen LogP contribution is 2.40. The highest BCUT2D eigenvalue weighted by Gasteiger charge is 2.25. The number of carbonyl (C=O) groups is 1. The van der Waals surface area contributed by atoms with E-state index in [1.165, 1.54) is 36.6 Å². The highest BCUT2D eigenvalue weighted by atomic mass is 32.1. The van der Waals surface area contributed by atoms with Gasteiger partial charge in [-0.25, -0.2) is 4.79 Å². The van der Waals surface area contributed by atoms with E-state index in [-0.39, 0.29) is 23.2 Å². The number of nitro groups is 1. The number of nitro benzene ring substituents is 1. The Bertz CT molecular complexity index is 1160. The van der Waals surface area contributed by atoms with Gasteiger partial charge in [0.05, 0.1) is 30.4 Å². The quantitative estimate of drug-likeness (QED) is 0.198. The van der Waals surface area contributed by atoms with Crippen molar-refractivity contribution < 1.29 is 19.2 Å². The third-order valence-corrected chi connectivity index (χ3v) is 5.72. The summed E-state index contributed by atoms with van der Waals surface area (Å²) >= 11 is 6.82. The number of ether oxygens (including phenoxy) is 2. The normalized spacial score (nSPS) is 10.3. The number of carbonyl (C=O) groups excluding carboxylic acids is 1. The molecular weight excluding hydrogens is 450 g/mol. The molecular formula is C22H21N3O5S2. The second-order valence-corrected chi connectivity index (χ2v) is 8.18. The van der Waals surface area contributed by atoms with E-state index in [1.807, 2.05) is 37.3 Å². The third kappa shape index (κ3) is 5.04. The number of nitrogens with zero attached hydrogens (tertiary/aromatic N) is 1. The van der Waals surface area contributed by atoms with Crippen molar-refractivity contribution in [2.45, 2.75) is 13.8 Å². The number of hydrogen-bond acceptors (Lipinski definition) is 7. The van der Waals surface area contributed by atoms with Crippen LogP contribution in [0.5, 0.6) is 5.75 Å². The Kier molecular flexibility index (Phi) is 7.39. The summed E-state index contributed by atoms with van der Waals surface area (Å²) in [6.07, 6.45) is 0. The first-order valence-corrected chi connectivity index (χ1v) is 10.8. The molecule has 2 aromatic carbocycles. The maximum Gasteiger partial charge on any atom is 0.341 e. The molecule has 0 bridgehead atoms. The number of aryl methyl sites for hydroxylation is 1. The Morgan fingerprint density at radius 2 is 1.91 bits per heavy atom. The molecule has 10 heteroatoms. The topological polar surface area (TPSA) is 103 Å². The Morgan fingerprint density at radius 1 is 1.19 bits per heavy atom. The molecule has 1 aromatic heterocycles. The number of esters is 1. The molecule has 0 aliphatic heterocycles. The van der Waals surface area contributed by atoms with Crippen LogP contribution in [0.4, 0.5) is 16.4 Å². The molecule has 2 N–H and O–H groups in total. The molecule has 0 aliphatic rings. The van der Waals surface area contributed by atoms with Crippen LogP contribution < -0.4 is 15.4 Å². The Balaban J connectivity index is 1.93. The standard InChI is InChI=1S/C22H21N3O5S2/c1-4-30-21(26)19-18(14-8-6-5-7-9-14)13(2)32-20(19)24-22(31)23-16-11-10-15(25(27)28)12-17(16)29-3/h5-12H,4H2,1-3H3,(H2,23,24,31). The number of benzene rings is 2. The predicted molar refractivity (Wildman–Crippen MR) is 130 cm³/mol. The van der Waals surface area contributed by atoms with Gasteiger partial charge in [-0.2, -0.15) is 0 Å². The second-order valence-electron chi connectivity index (χ2n) is 6.54. The van der Waals surface area contributed by atoms with Crippen molar-refractivity contribution in [3.63, 3.8) is 0 Å². The molecule has 0 amide bonds. The summed E-state index contributed by atoms with van der Waals surface area (Å²) in [6, 6.07) is 13.7. The number of rotatable bonds is 7. The van der Waals surface area contributed by atoms with Gasteiger partial charge in [0.15, 0.2) is 5.11 Å². The van der Waals surface area contributed by atoms with Crippen LogP contribution in [0.1, 0.15) is 22.2 Å². The van der Waals surface area contributed by atoms with Crippen molar-refractivity contribution in [2.24, 2.45) is 0 Å². The zero-order valence-electron chi connectivity index (χ0n) is 17.6. The van der Waals surface area contributed by atoms with Crippen molar-refractivity contribution >= 4 is 51.0 Å². The molecule has 0 saturated carbocycles. The maximum absolute atomic E-state index is 12.8. The van der Waals surface area contributed by atoms with Crippen LogP contribution in [-0.4, -0.2) is 29.7 Å². The molecule has 0 spiro atoms. The monoisotopic (exact) mass is 471 g/mol. The first-order valence-electron chi connectivity index (χ1n) is 9.62. The summed E-state index contributed by atoms with van der Waals surface area (Å²) in [6.45, 7) is 3.92. The van der Waals surface area contributed by atoms with Gasteiger partial charge in [0.1, 0.15) is 16.3 Å². The van der Waals surface area contributed by atoms with E-state index in [2.05, 4.69) is 10.6 Å². The molecule has 1 heterocycles. The van der Waals surface area contributed by atoms with Crippen molar-refractivity contribution in [1.29, 1.82) is 0 Å². The Morgan fingerprint density at radius 3 is 2.53 bits per heavy atom. The van der Waals surface area contributed by atoms with Crippen LogP contribution in [0.15, 0.2) is 48.5 Å². The summed E-state index contributed by atoms with van der Waals surface area (Å²) in [5, 5.41) is 17.8. The number of anilines is 2. The summed E-state index contributed by atoms with van der Waals surface area (Å²) < 4.78 is 10.5. The van der Waals surface area contributed by atoms with Gasteiger partial charge in [-0.15, -0.1) is 11.3 Å². The molecule has 3 aromatic rings. The summed E-state index contributed by atoms with van der Waals surface area (Å²) in [5.74, 6) is -0.185. The van der Waals surface area contributed by atoms with E-state index in [0.717, 1.165) is 16.0 Å². The molecule has 166 valence electrons. The lowest BCUT2D eigenvalue weighted by Crippen LogP contribution is -2.20. The lowest BCUT2D eigenvalue weighted by molar-refractivity contribution is -0.384. The van der Waals surface area contributed by atoms with Gasteiger partial charge >= 0.3 is 5.97 Å². The fourth-order valence-corrected chi connectivity index (χ4v) is 4.48. The molecule has 0 atom stereocenters. The van der Waals surface area contributed by atoms with Crippen molar-refractivity contribution in [3.8, 4) is 16.9 Å². The predicted octanol–water partition coefficient (Wildman–Crippen LogP) is 5.63. The van der Waals surface area contributed by atoms with Gasteiger partial charge in [-0.3, -0.25) is 10.1 Å². The molecule has 0 aliphatic carbocycles. The van der Waals surface area contributed by atoms with Gasteiger partial charge in [-0.1, -0.05) is 30.3 Å². The Hall–Kier alpha value is -3.50. The number of thiophene rings is 1. The lowest BCUT2D eigenvalue weighted by Gasteiger charge is -2.14. The number of hydrogen-bond donors (Lipinski definition) is 2. The number of thiocarbonyl (C=S) groups is 1. The minimum Gasteiger partial charge on any atom is -0.494 e. The van der Waals surface area contributed by atoms with Crippen LogP contribution in [0.2, 0.25) is 0 Å². The molecule has 32 heavy (non-hydrogen) atoms. The molecule has 3 rings (SSSR count). The zero-order valence-corrected chi connectivity index (χ0v) is 19.3. The van der Waals surface area contributed by atoms with Crippen LogP contribution in [0, 0.1) is 17.0 Å².